The Balaban J connectivity index is 3.54. The molecule has 0 fully saturated rings. The molecule has 0 spiro atoms. The molecule has 3 nitrogen and oxygen atoms in total. The Labute approximate surface area is 87.4 Å². The summed E-state index contributed by atoms with van der Waals surface area (Å²) in [5, 5.41) is 0. The molecule has 0 aromatic carbocycles. The molecule has 84 valence electrons. The highest BCUT2D eigenvalue weighted by atomic mass is 16.5. The molecule has 0 aliphatic rings. The highest BCUT2D eigenvalue weighted by Gasteiger charge is 2.07. The molecule has 0 aliphatic heterocycles. The van der Waals surface area contributed by atoms with E-state index >= 15 is 0 Å². The molecule has 3 heteroatoms. The number of methoxy groups -OCH3 is 1. The van der Waals surface area contributed by atoms with Crippen molar-refractivity contribution >= 4 is 5.97 Å². The molecule has 0 heterocycles. The van der Waals surface area contributed by atoms with Crippen molar-refractivity contribution in [3.05, 3.63) is 0 Å². The number of esters is 1. The molecule has 0 saturated carbocycles. The smallest absolute Gasteiger partial charge is 0.306 e. The first kappa shape index (κ1) is 13.4. The Kier molecular flexibility index (Phi) is 7.48. The maximum Gasteiger partial charge on any atom is 0.306 e. The highest BCUT2D eigenvalue weighted by molar-refractivity contribution is 5.69. The van der Waals surface area contributed by atoms with Crippen molar-refractivity contribution in [2.24, 2.45) is 5.92 Å². The lowest BCUT2D eigenvalue weighted by Crippen LogP contribution is -2.27. The molecule has 0 saturated heterocycles. The molecule has 1 atom stereocenters. The third-order valence-corrected chi connectivity index (χ3v) is 2.33. The van der Waals surface area contributed by atoms with Crippen molar-refractivity contribution in [3.8, 4) is 0 Å². The van der Waals surface area contributed by atoms with Gasteiger partial charge in [-0.2, -0.15) is 0 Å². The van der Waals surface area contributed by atoms with E-state index in [4.69, 9.17) is 0 Å². The summed E-state index contributed by atoms with van der Waals surface area (Å²) < 4.78 is 4.59. The van der Waals surface area contributed by atoms with E-state index < -0.39 is 0 Å². The lowest BCUT2D eigenvalue weighted by Gasteiger charge is -2.20. The van der Waals surface area contributed by atoms with Crippen molar-refractivity contribution in [1.29, 1.82) is 0 Å². The Bertz CT molecular complexity index is 159. The normalized spacial score (nSPS) is 12.9. The van der Waals surface area contributed by atoms with Gasteiger partial charge >= 0.3 is 5.97 Å². The van der Waals surface area contributed by atoms with Crippen LogP contribution in [-0.2, 0) is 9.53 Å². The Morgan fingerprint density at radius 2 is 2.14 bits per heavy atom. The van der Waals surface area contributed by atoms with E-state index in [0.717, 1.165) is 13.1 Å². The van der Waals surface area contributed by atoms with Gasteiger partial charge in [-0.15, -0.1) is 0 Å². The fraction of sp³-hybridized carbons (Fsp3) is 0.909. The van der Waals surface area contributed by atoms with Crippen LogP contribution >= 0.6 is 0 Å². The molecule has 1 unspecified atom stereocenters. The summed E-state index contributed by atoms with van der Waals surface area (Å²) >= 11 is 0. The summed E-state index contributed by atoms with van der Waals surface area (Å²) in [6.07, 6.45) is 2.97. The first-order valence-electron chi connectivity index (χ1n) is 5.35. The zero-order valence-electron chi connectivity index (χ0n) is 9.88. The standard InChI is InChI=1S/C11H23NO2/c1-5-6-10(2)9-12(3)8-7-11(13)14-4/h10H,5-9H2,1-4H3. The molecule has 0 aliphatic carbocycles. The fourth-order valence-electron chi connectivity index (χ4n) is 1.59. The molecule has 0 bridgehead atoms. The van der Waals surface area contributed by atoms with E-state index in [1.165, 1.54) is 20.0 Å². The number of nitrogens with zero attached hydrogens (tertiary/aromatic N) is 1. The number of hydrogen-bond donors (Lipinski definition) is 0. The molecule has 0 rings (SSSR count). The van der Waals surface area contributed by atoms with Crippen LogP contribution in [0.15, 0.2) is 0 Å². The van der Waals surface area contributed by atoms with Crippen molar-refractivity contribution < 1.29 is 9.53 Å². The van der Waals surface area contributed by atoms with E-state index in [2.05, 4.69) is 30.5 Å². The molecule has 0 aromatic heterocycles. The number of hydrogen-bond acceptors (Lipinski definition) is 3. The molecule has 0 radical (unpaired) electrons. The number of ether oxygens (including phenoxy) is 1. The average molecular weight is 201 g/mol. The Morgan fingerprint density at radius 1 is 1.50 bits per heavy atom. The Morgan fingerprint density at radius 3 is 2.64 bits per heavy atom. The summed E-state index contributed by atoms with van der Waals surface area (Å²) in [5.41, 5.74) is 0. The number of carbonyl (C=O) groups is 1. The van der Waals surface area contributed by atoms with Gasteiger partial charge in [0.25, 0.3) is 0 Å². The van der Waals surface area contributed by atoms with Crippen molar-refractivity contribution in [1.82, 2.24) is 4.90 Å². The van der Waals surface area contributed by atoms with Gasteiger partial charge in [-0.1, -0.05) is 20.3 Å². The second-order valence-corrected chi connectivity index (χ2v) is 3.98. The lowest BCUT2D eigenvalue weighted by atomic mass is 10.1. The molecule has 0 amide bonds. The van der Waals surface area contributed by atoms with E-state index in [0.29, 0.717) is 12.3 Å². The summed E-state index contributed by atoms with van der Waals surface area (Å²) in [4.78, 5) is 13.1. The van der Waals surface area contributed by atoms with Gasteiger partial charge in [0.1, 0.15) is 0 Å². The van der Waals surface area contributed by atoms with E-state index in [-0.39, 0.29) is 5.97 Å². The topological polar surface area (TPSA) is 29.5 Å². The zero-order chi connectivity index (χ0) is 11.0. The fourth-order valence-corrected chi connectivity index (χ4v) is 1.59. The molecule has 0 N–H and O–H groups in total. The maximum atomic E-state index is 10.9. The van der Waals surface area contributed by atoms with Gasteiger partial charge in [0.15, 0.2) is 0 Å². The molecular formula is C11H23NO2. The Hall–Kier alpha value is -0.570. The minimum absolute atomic E-state index is 0.125. The molecular weight excluding hydrogens is 178 g/mol. The SMILES string of the molecule is CCCC(C)CN(C)CCC(=O)OC. The van der Waals surface area contributed by atoms with Crippen LogP contribution < -0.4 is 0 Å². The first-order valence-corrected chi connectivity index (χ1v) is 5.35. The van der Waals surface area contributed by atoms with Gasteiger partial charge < -0.3 is 9.64 Å². The van der Waals surface area contributed by atoms with E-state index in [9.17, 15) is 4.79 Å². The zero-order valence-corrected chi connectivity index (χ0v) is 9.88. The van der Waals surface area contributed by atoms with E-state index in [1.807, 2.05) is 0 Å². The summed E-state index contributed by atoms with van der Waals surface area (Å²) in [5.74, 6) is 0.586. The molecule has 14 heavy (non-hydrogen) atoms. The maximum absolute atomic E-state index is 10.9. The second-order valence-electron chi connectivity index (χ2n) is 3.98. The quantitative estimate of drug-likeness (QED) is 0.589. The van der Waals surface area contributed by atoms with Gasteiger partial charge in [-0.25, -0.2) is 0 Å². The number of rotatable bonds is 7. The first-order chi connectivity index (χ1) is 6.60. The van der Waals surface area contributed by atoms with Gasteiger partial charge in [0.05, 0.1) is 13.5 Å². The van der Waals surface area contributed by atoms with Crippen LogP contribution in [0.2, 0.25) is 0 Å². The van der Waals surface area contributed by atoms with Crippen LogP contribution in [-0.4, -0.2) is 38.1 Å². The average Bonchev–Trinajstić information content (AvgIpc) is 2.14. The van der Waals surface area contributed by atoms with Crippen molar-refractivity contribution in [2.45, 2.75) is 33.1 Å². The molecule has 0 aromatic rings. The van der Waals surface area contributed by atoms with Crippen LogP contribution in [0, 0.1) is 5.92 Å². The van der Waals surface area contributed by atoms with Crippen LogP contribution in [0.4, 0.5) is 0 Å². The largest absolute Gasteiger partial charge is 0.469 e. The van der Waals surface area contributed by atoms with E-state index in [1.54, 1.807) is 0 Å². The highest BCUT2D eigenvalue weighted by Crippen LogP contribution is 2.06. The lowest BCUT2D eigenvalue weighted by molar-refractivity contribution is -0.140. The van der Waals surface area contributed by atoms with Gasteiger partial charge in [0, 0.05) is 13.1 Å². The summed E-state index contributed by atoms with van der Waals surface area (Å²) in [6.45, 7) is 6.30. The van der Waals surface area contributed by atoms with Gasteiger partial charge in [-0.05, 0) is 19.4 Å². The van der Waals surface area contributed by atoms with Gasteiger partial charge in [0.2, 0.25) is 0 Å². The number of carbonyl (C=O) groups excluding carboxylic acids is 1. The predicted molar refractivity (Wildman–Crippen MR) is 58.2 cm³/mol. The third-order valence-electron chi connectivity index (χ3n) is 2.33. The van der Waals surface area contributed by atoms with Crippen LogP contribution in [0.3, 0.4) is 0 Å². The third kappa shape index (κ3) is 6.89. The van der Waals surface area contributed by atoms with Crippen molar-refractivity contribution in [2.75, 3.05) is 27.2 Å². The minimum atomic E-state index is -0.125. The van der Waals surface area contributed by atoms with Crippen molar-refractivity contribution in [3.63, 3.8) is 0 Å². The summed E-state index contributed by atoms with van der Waals surface area (Å²) in [7, 11) is 3.48. The second kappa shape index (κ2) is 7.80. The van der Waals surface area contributed by atoms with Crippen LogP contribution in [0.1, 0.15) is 33.1 Å². The minimum Gasteiger partial charge on any atom is -0.469 e. The van der Waals surface area contributed by atoms with Gasteiger partial charge in [-0.3, -0.25) is 4.79 Å². The predicted octanol–water partition coefficient (Wildman–Crippen LogP) is 1.92. The summed E-state index contributed by atoms with van der Waals surface area (Å²) in [6, 6.07) is 0. The van der Waals surface area contributed by atoms with Crippen LogP contribution in [0.5, 0.6) is 0 Å². The monoisotopic (exact) mass is 201 g/mol. The van der Waals surface area contributed by atoms with Crippen LogP contribution in [0.25, 0.3) is 0 Å².